The van der Waals surface area contributed by atoms with Gasteiger partial charge in [-0.3, -0.25) is 4.79 Å². The van der Waals surface area contributed by atoms with Gasteiger partial charge in [-0.2, -0.15) is 17.0 Å². The lowest BCUT2D eigenvalue weighted by molar-refractivity contribution is -0.139. The van der Waals surface area contributed by atoms with Crippen LogP contribution in [-0.4, -0.2) is 84.9 Å². The van der Waals surface area contributed by atoms with E-state index in [4.69, 9.17) is 10.5 Å². The standard InChI is InChI=1S/C17H32N4O4S/c1-14-12-21(13-15(2)25-14)26(23,24)20-10-8-19(9-11-20)16(22)17(18)6-4-3-5-7-17/h14-15H,3-13,18H2,1-2H3. The molecule has 3 fully saturated rings. The number of hydrogen-bond donors (Lipinski definition) is 1. The van der Waals surface area contributed by atoms with Crippen LogP contribution in [-0.2, 0) is 19.7 Å². The van der Waals surface area contributed by atoms with Gasteiger partial charge in [-0.15, -0.1) is 0 Å². The number of hydrogen-bond acceptors (Lipinski definition) is 5. The summed E-state index contributed by atoms with van der Waals surface area (Å²) in [5, 5.41) is 0. The van der Waals surface area contributed by atoms with E-state index in [9.17, 15) is 13.2 Å². The maximum atomic E-state index is 12.9. The molecule has 2 atom stereocenters. The second-order valence-electron chi connectivity index (χ2n) is 7.99. The zero-order chi connectivity index (χ0) is 18.9. The van der Waals surface area contributed by atoms with Crippen LogP contribution in [0.5, 0.6) is 0 Å². The van der Waals surface area contributed by atoms with Crippen LogP contribution >= 0.6 is 0 Å². The van der Waals surface area contributed by atoms with E-state index in [1.807, 2.05) is 13.8 Å². The predicted molar refractivity (Wildman–Crippen MR) is 98.7 cm³/mol. The molecule has 2 N–H and O–H groups in total. The van der Waals surface area contributed by atoms with Gasteiger partial charge >= 0.3 is 0 Å². The van der Waals surface area contributed by atoms with Crippen molar-refractivity contribution in [1.29, 1.82) is 0 Å². The molecule has 9 heteroatoms. The monoisotopic (exact) mass is 388 g/mol. The van der Waals surface area contributed by atoms with Crippen LogP contribution in [0.1, 0.15) is 46.0 Å². The Balaban J connectivity index is 1.60. The van der Waals surface area contributed by atoms with Crippen LogP contribution in [0.2, 0.25) is 0 Å². The van der Waals surface area contributed by atoms with Crippen LogP contribution in [0.15, 0.2) is 0 Å². The molecule has 2 aliphatic heterocycles. The number of ether oxygens (including phenoxy) is 1. The van der Waals surface area contributed by atoms with Gasteiger partial charge in [0.2, 0.25) is 5.91 Å². The van der Waals surface area contributed by atoms with E-state index in [1.165, 1.54) is 8.61 Å². The second-order valence-corrected chi connectivity index (χ2v) is 9.92. The maximum Gasteiger partial charge on any atom is 0.282 e. The summed E-state index contributed by atoms with van der Waals surface area (Å²) in [4.78, 5) is 14.6. The summed E-state index contributed by atoms with van der Waals surface area (Å²) in [7, 11) is -3.52. The molecule has 0 aromatic heterocycles. The molecule has 1 saturated carbocycles. The largest absolute Gasteiger partial charge is 0.373 e. The van der Waals surface area contributed by atoms with Gasteiger partial charge in [0.1, 0.15) is 0 Å². The van der Waals surface area contributed by atoms with Crippen molar-refractivity contribution >= 4 is 16.1 Å². The molecular formula is C17H32N4O4S. The topological polar surface area (TPSA) is 96.2 Å². The van der Waals surface area contributed by atoms with Crippen LogP contribution in [0.25, 0.3) is 0 Å². The van der Waals surface area contributed by atoms with Crippen molar-refractivity contribution in [3.63, 3.8) is 0 Å². The number of carbonyl (C=O) groups excluding carboxylic acids is 1. The van der Waals surface area contributed by atoms with Crippen LogP contribution in [0.4, 0.5) is 0 Å². The molecule has 150 valence electrons. The fourth-order valence-corrected chi connectivity index (χ4v) is 6.06. The lowest BCUT2D eigenvalue weighted by atomic mass is 9.81. The highest BCUT2D eigenvalue weighted by atomic mass is 32.2. The minimum Gasteiger partial charge on any atom is -0.373 e. The first-order valence-electron chi connectivity index (χ1n) is 9.71. The van der Waals surface area contributed by atoms with Crippen molar-refractivity contribution in [2.75, 3.05) is 39.3 Å². The summed E-state index contributed by atoms with van der Waals surface area (Å²) in [6.45, 7) is 5.99. The summed E-state index contributed by atoms with van der Waals surface area (Å²) >= 11 is 0. The zero-order valence-corrected chi connectivity index (χ0v) is 16.7. The minimum atomic E-state index is -3.52. The molecule has 1 amide bonds. The fraction of sp³-hybridized carbons (Fsp3) is 0.941. The quantitative estimate of drug-likeness (QED) is 0.742. The van der Waals surface area contributed by atoms with Crippen molar-refractivity contribution in [2.24, 2.45) is 5.73 Å². The van der Waals surface area contributed by atoms with E-state index >= 15 is 0 Å². The Bertz CT molecular complexity index is 602. The molecule has 1 aliphatic carbocycles. The van der Waals surface area contributed by atoms with E-state index in [0.717, 1.165) is 32.1 Å². The summed E-state index contributed by atoms with van der Waals surface area (Å²) in [5.41, 5.74) is 5.60. The maximum absolute atomic E-state index is 12.9. The van der Waals surface area contributed by atoms with Crippen molar-refractivity contribution in [3.8, 4) is 0 Å². The van der Waals surface area contributed by atoms with Gasteiger partial charge in [0, 0.05) is 39.3 Å². The zero-order valence-electron chi connectivity index (χ0n) is 15.9. The highest BCUT2D eigenvalue weighted by Gasteiger charge is 2.41. The average Bonchev–Trinajstić information content (AvgIpc) is 2.61. The normalized spacial score (nSPS) is 31.7. The molecule has 26 heavy (non-hydrogen) atoms. The van der Waals surface area contributed by atoms with Gasteiger partial charge in [0.25, 0.3) is 10.2 Å². The number of nitrogens with zero attached hydrogens (tertiary/aromatic N) is 3. The molecule has 0 aromatic rings. The van der Waals surface area contributed by atoms with E-state index in [-0.39, 0.29) is 18.1 Å². The third-order valence-electron chi connectivity index (χ3n) is 5.74. The number of piperazine rings is 1. The third kappa shape index (κ3) is 4.06. The lowest BCUT2D eigenvalue weighted by Gasteiger charge is -2.42. The highest BCUT2D eigenvalue weighted by molar-refractivity contribution is 7.86. The van der Waals surface area contributed by atoms with Gasteiger partial charge in [-0.25, -0.2) is 0 Å². The van der Waals surface area contributed by atoms with Gasteiger partial charge in [-0.1, -0.05) is 19.3 Å². The first kappa shape index (κ1) is 20.0. The Kier molecular flexibility index (Phi) is 5.93. The molecule has 0 bridgehead atoms. The Morgan fingerprint density at radius 1 is 0.962 bits per heavy atom. The van der Waals surface area contributed by atoms with Gasteiger partial charge < -0.3 is 15.4 Å². The number of nitrogens with two attached hydrogens (primary N) is 1. The number of amides is 1. The van der Waals surface area contributed by atoms with Crippen LogP contribution < -0.4 is 5.73 Å². The molecule has 3 aliphatic rings. The molecule has 2 heterocycles. The molecule has 0 spiro atoms. The first-order chi connectivity index (χ1) is 12.2. The Morgan fingerprint density at radius 3 is 2.04 bits per heavy atom. The SMILES string of the molecule is CC1CN(S(=O)(=O)N2CCN(C(=O)C3(N)CCCCC3)CC2)CC(C)O1. The first-order valence-corrected chi connectivity index (χ1v) is 11.1. The summed E-state index contributed by atoms with van der Waals surface area (Å²) < 4.78 is 34.5. The molecule has 2 unspecified atom stereocenters. The van der Waals surface area contributed by atoms with E-state index in [1.54, 1.807) is 4.90 Å². The lowest BCUT2D eigenvalue weighted by Crippen LogP contribution is -2.62. The summed E-state index contributed by atoms with van der Waals surface area (Å²) in [6, 6.07) is 0. The van der Waals surface area contributed by atoms with E-state index in [2.05, 4.69) is 0 Å². The summed E-state index contributed by atoms with van der Waals surface area (Å²) in [6.07, 6.45) is 4.35. The number of carbonyl (C=O) groups is 1. The molecule has 0 aromatic carbocycles. The van der Waals surface area contributed by atoms with E-state index < -0.39 is 15.7 Å². The molecule has 0 radical (unpaired) electrons. The van der Waals surface area contributed by atoms with Gasteiger partial charge in [0.05, 0.1) is 17.7 Å². The molecular weight excluding hydrogens is 356 g/mol. The Morgan fingerprint density at radius 2 is 1.50 bits per heavy atom. The predicted octanol–water partition coefficient (Wildman–Crippen LogP) is 0.146. The Labute approximate surface area is 156 Å². The van der Waals surface area contributed by atoms with Gasteiger partial charge in [0.15, 0.2) is 0 Å². The Hall–Kier alpha value is -0.740. The summed E-state index contributed by atoms with van der Waals surface area (Å²) in [5.74, 6) is -0.0112. The minimum absolute atomic E-state index is 0.0112. The van der Waals surface area contributed by atoms with Gasteiger partial charge in [-0.05, 0) is 26.7 Å². The average molecular weight is 389 g/mol. The van der Waals surface area contributed by atoms with Crippen molar-refractivity contribution < 1.29 is 17.9 Å². The third-order valence-corrected chi connectivity index (χ3v) is 7.70. The molecule has 2 saturated heterocycles. The number of morpholine rings is 1. The van der Waals surface area contributed by atoms with E-state index in [0.29, 0.717) is 39.3 Å². The molecule has 3 rings (SSSR count). The smallest absolute Gasteiger partial charge is 0.282 e. The second kappa shape index (κ2) is 7.71. The molecule has 8 nitrogen and oxygen atoms in total. The highest BCUT2D eigenvalue weighted by Crippen LogP contribution is 2.28. The number of rotatable bonds is 3. The van der Waals surface area contributed by atoms with Crippen molar-refractivity contribution in [2.45, 2.75) is 63.7 Å². The van der Waals surface area contributed by atoms with Crippen LogP contribution in [0.3, 0.4) is 0 Å². The van der Waals surface area contributed by atoms with Crippen LogP contribution in [0, 0.1) is 0 Å². The van der Waals surface area contributed by atoms with Crippen molar-refractivity contribution in [3.05, 3.63) is 0 Å². The van der Waals surface area contributed by atoms with Crippen molar-refractivity contribution in [1.82, 2.24) is 13.5 Å². The fourth-order valence-electron chi connectivity index (χ4n) is 4.32.